The zero-order chi connectivity index (χ0) is 29.5. The van der Waals surface area contributed by atoms with Gasteiger partial charge in [0.1, 0.15) is 6.33 Å². The van der Waals surface area contributed by atoms with Gasteiger partial charge < -0.3 is 0 Å². The van der Waals surface area contributed by atoms with Gasteiger partial charge in [-0.05, 0) is 90.0 Å². The van der Waals surface area contributed by atoms with E-state index in [0.717, 1.165) is 16.6 Å². The molecule has 0 fully saturated rings. The van der Waals surface area contributed by atoms with Crippen LogP contribution in [0.15, 0.2) is 116 Å². The third kappa shape index (κ3) is 4.00. The first-order valence-electron chi connectivity index (χ1n) is 14.5. The van der Waals surface area contributed by atoms with Crippen LogP contribution in [0, 0.1) is 0 Å². The molecule has 6 heterocycles. The van der Waals surface area contributed by atoms with Crippen LogP contribution in [0.4, 0.5) is 0 Å². The van der Waals surface area contributed by atoms with Gasteiger partial charge in [0.05, 0.1) is 14.9 Å². The van der Waals surface area contributed by atoms with E-state index in [2.05, 4.69) is 105 Å². The van der Waals surface area contributed by atoms with Crippen LogP contribution in [-0.4, -0.2) is 24.9 Å². The smallest absolute Gasteiger partial charge is 0.163 e. The van der Waals surface area contributed by atoms with Crippen molar-refractivity contribution >= 4 is 94.7 Å². The largest absolute Gasteiger partial charge is 0.263 e. The highest BCUT2D eigenvalue weighted by Gasteiger charge is 2.14. The first-order chi connectivity index (χ1) is 22.2. The third-order valence-corrected chi connectivity index (χ3v) is 11.8. The monoisotopic (exact) mass is 629 g/mol. The van der Waals surface area contributed by atoms with Crippen molar-refractivity contribution in [2.45, 2.75) is 0 Å². The average molecular weight is 630 g/mol. The van der Waals surface area contributed by atoms with Gasteiger partial charge in [0.15, 0.2) is 11.6 Å². The molecule has 45 heavy (non-hydrogen) atoms. The van der Waals surface area contributed by atoms with Crippen LogP contribution in [0.5, 0.6) is 0 Å². The number of aromatic nitrogens is 5. The number of rotatable bonds is 3. The summed E-state index contributed by atoms with van der Waals surface area (Å²) in [6.07, 6.45) is 7.26. The lowest BCUT2D eigenvalue weighted by Gasteiger charge is -2.05. The highest BCUT2D eigenvalue weighted by Crippen LogP contribution is 2.40. The predicted molar refractivity (Wildman–Crippen MR) is 190 cm³/mol. The summed E-state index contributed by atoms with van der Waals surface area (Å²) in [5.41, 5.74) is 5.41. The fraction of sp³-hybridized carbons (Fsp3) is 0. The Morgan fingerprint density at radius 3 is 1.69 bits per heavy atom. The standard InChI is InChI=1S/C37H19N5S3/c1-2-33-35(39-12-1)28-15-21(4-8-32(28)44-33)20-3-7-30-26(14-20)27-17-23(6-10-31(27)43-30)37-41-19-40-36(42-37)22-5-9-29-25(16-22)24-11-13-38-18-34(24)45-29/h1-19H. The Balaban J connectivity index is 1.07. The summed E-state index contributed by atoms with van der Waals surface area (Å²) in [4.78, 5) is 23.0. The fourth-order valence-corrected chi connectivity index (χ4v) is 9.38. The van der Waals surface area contributed by atoms with Gasteiger partial charge in [0.2, 0.25) is 0 Å². The highest BCUT2D eigenvalue weighted by atomic mass is 32.1. The lowest BCUT2D eigenvalue weighted by Crippen LogP contribution is -1.95. The van der Waals surface area contributed by atoms with Crippen LogP contribution in [0.2, 0.25) is 0 Å². The number of benzene rings is 4. The summed E-state index contributed by atoms with van der Waals surface area (Å²) < 4.78 is 7.39. The van der Waals surface area contributed by atoms with Gasteiger partial charge in [-0.25, -0.2) is 15.0 Å². The maximum Gasteiger partial charge on any atom is 0.163 e. The summed E-state index contributed by atoms with van der Waals surface area (Å²) in [6.45, 7) is 0. The van der Waals surface area contributed by atoms with Crippen molar-refractivity contribution < 1.29 is 0 Å². The number of nitrogens with zero attached hydrogens (tertiary/aromatic N) is 5. The van der Waals surface area contributed by atoms with Crippen LogP contribution in [0.1, 0.15) is 0 Å². The van der Waals surface area contributed by atoms with E-state index in [1.54, 1.807) is 29.0 Å². The molecule has 10 aromatic rings. The lowest BCUT2D eigenvalue weighted by molar-refractivity contribution is 1.07. The predicted octanol–water partition coefficient (Wildman–Crippen LogP) is 10.8. The summed E-state index contributed by atoms with van der Waals surface area (Å²) in [5, 5.41) is 6.05. The van der Waals surface area contributed by atoms with Crippen molar-refractivity contribution in [3.8, 4) is 33.9 Å². The molecule has 0 radical (unpaired) electrons. The van der Waals surface area contributed by atoms with Crippen molar-refractivity contribution in [2.24, 2.45) is 0 Å². The minimum atomic E-state index is 0.665. The van der Waals surface area contributed by atoms with Crippen LogP contribution < -0.4 is 0 Å². The molecule has 0 saturated carbocycles. The molecule has 10 rings (SSSR count). The van der Waals surface area contributed by atoms with Gasteiger partial charge in [0.25, 0.3) is 0 Å². The van der Waals surface area contributed by atoms with Gasteiger partial charge in [-0.2, -0.15) is 0 Å². The minimum Gasteiger partial charge on any atom is -0.263 e. The van der Waals surface area contributed by atoms with Gasteiger partial charge in [0, 0.05) is 75.4 Å². The number of hydrogen-bond acceptors (Lipinski definition) is 8. The maximum atomic E-state index is 4.94. The van der Waals surface area contributed by atoms with Crippen LogP contribution in [-0.2, 0) is 0 Å². The zero-order valence-electron chi connectivity index (χ0n) is 23.4. The molecule has 0 atom stereocenters. The Morgan fingerprint density at radius 1 is 0.422 bits per heavy atom. The van der Waals surface area contributed by atoms with E-state index in [1.807, 2.05) is 36.0 Å². The number of pyridine rings is 2. The maximum absolute atomic E-state index is 4.94. The van der Waals surface area contributed by atoms with E-state index < -0.39 is 0 Å². The fourth-order valence-electron chi connectivity index (χ4n) is 6.22. The molecule has 6 aromatic heterocycles. The molecule has 0 aliphatic carbocycles. The molecule has 210 valence electrons. The van der Waals surface area contributed by atoms with Crippen LogP contribution in [0.3, 0.4) is 0 Å². The minimum absolute atomic E-state index is 0.665. The van der Waals surface area contributed by atoms with Crippen LogP contribution in [0.25, 0.3) is 94.5 Å². The van der Waals surface area contributed by atoms with E-state index in [4.69, 9.17) is 4.98 Å². The number of hydrogen-bond donors (Lipinski definition) is 0. The first kappa shape index (κ1) is 25.2. The molecule has 0 saturated heterocycles. The first-order valence-corrected chi connectivity index (χ1v) is 16.9. The average Bonchev–Trinajstić information content (AvgIpc) is 3.78. The van der Waals surface area contributed by atoms with E-state index in [1.165, 1.54) is 66.3 Å². The molecule has 0 unspecified atom stereocenters. The summed E-state index contributed by atoms with van der Waals surface area (Å²) in [7, 11) is 0. The Kier molecular flexibility index (Phi) is 5.42. The Bertz CT molecular complexity index is 2790. The van der Waals surface area contributed by atoms with Gasteiger partial charge in [-0.15, -0.1) is 34.0 Å². The van der Waals surface area contributed by atoms with E-state index in [0.29, 0.717) is 11.6 Å². The molecule has 4 aromatic carbocycles. The van der Waals surface area contributed by atoms with E-state index in [9.17, 15) is 0 Å². The molecule has 0 bridgehead atoms. The summed E-state index contributed by atoms with van der Waals surface area (Å²) >= 11 is 5.36. The molecular weight excluding hydrogens is 611 g/mol. The van der Waals surface area contributed by atoms with Gasteiger partial charge in [-0.3, -0.25) is 9.97 Å². The topological polar surface area (TPSA) is 64.5 Å². The molecule has 0 aliphatic heterocycles. The molecule has 0 spiro atoms. The Hall–Kier alpha value is -5.15. The zero-order valence-corrected chi connectivity index (χ0v) is 25.9. The van der Waals surface area contributed by atoms with E-state index >= 15 is 0 Å². The van der Waals surface area contributed by atoms with Gasteiger partial charge in [-0.1, -0.05) is 12.1 Å². The summed E-state index contributed by atoms with van der Waals surface area (Å²) in [6, 6.07) is 32.7. The summed E-state index contributed by atoms with van der Waals surface area (Å²) in [5.74, 6) is 1.33. The molecular formula is C37H19N5S3. The second-order valence-electron chi connectivity index (χ2n) is 11.0. The second kappa shape index (κ2) is 9.67. The third-order valence-electron chi connectivity index (χ3n) is 8.39. The van der Waals surface area contributed by atoms with Crippen LogP contribution >= 0.6 is 34.0 Å². The second-order valence-corrected chi connectivity index (χ2v) is 14.3. The number of fused-ring (bicyclic) bond motifs is 9. The Labute approximate surface area is 268 Å². The number of thiophene rings is 3. The normalized spacial score (nSPS) is 12.0. The molecule has 0 aliphatic rings. The van der Waals surface area contributed by atoms with Gasteiger partial charge >= 0.3 is 0 Å². The molecule has 5 nitrogen and oxygen atoms in total. The molecule has 8 heteroatoms. The van der Waals surface area contributed by atoms with Crippen molar-refractivity contribution in [3.05, 3.63) is 116 Å². The molecule has 0 amide bonds. The Morgan fingerprint density at radius 2 is 0.978 bits per heavy atom. The van der Waals surface area contributed by atoms with Crippen molar-refractivity contribution in [1.29, 1.82) is 0 Å². The quantitative estimate of drug-likeness (QED) is 0.195. The van der Waals surface area contributed by atoms with Crippen molar-refractivity contribution in [3.63, 3.8) is 0 Å². The van der Waals surface area contributed by atoms with E-state index in [-0.39, 0.29) is 0 Å². The van der Waals surface area contributed by atoms with Crippen molar-refractivity contribution in [2.75, 3.05) is 0 Å². The van der Waals surface area contributed by atoms with Crippen molar-refractivity contribution in [1.82, 2.24) is 24.9 Å². The molecule has 0 N–H and O–H groups in total. The highest BCUT2D eigenvalue weighted by molar-refractivity contribution is 7.26. The lowest BCUT2D eigenvalue weighted by atomic mass is 10.0. The SMILES string of the molecule is c1cnc2c(c1)sc1ccc(-c3ccc4sc5ccc(-c6ncnc(-c7ccc8sc9cnccc9c8c7)n6)cc5c4c3)cc12.